The fourth-order valence-corrected chi connectivity index (χ4v) is 10.5. The van der Waals surface area contributed by atoms with E-state index in [0.29, 0.717) is 28.9 Å². The van der Waals surface area contributed by atoms with Crippen LogP contribution in [0.4, 0.5) is 11.5 Å². The maximum Gasteiger partial charge on any atom is 0.262 e. The van der Waals surface area contributed by atoms with Gasteiger partial charge in [0, 0.05) is 49.9 Å². The molecule has 63 heavy (non-hydrogen) atoms. The first-order valence-corrected chi connectivity index (χ1v) is 22.7. The smallest absolute Gasteiger partial charge is 0.262 e. The maximum absolute atomic E-state index is 13.4. The van der Waals surface area contributed by atoms with Gasteiger partial charge in [0.05, 0.1) is 22.6 Å². The zero-order valence-electron chi connectivity index (χ0n) is 35.5. The monoisotopic (exact) mass is 850 g/mol. The Balaban J connectivity index is 0.667. The number of nitrogen functional groups attached to an aromatic ring is 1. The first-order valence-electron chi connectivity index (χ1n) is 22.7. The van der Waals surface area contributed by atoms with E-state index in [1.54, 1.807) is 12.1 Å². The van der Waals surface area contributed by atoms with Crippen molar-refractivity contribution in [2.75, 3.05) is 56.4 Å². The number of benzene rings is 3. The van der Waals surface area contributed by atoms with E-state index in [0.717, 1.165) is 116 Å². The molecular formula is C48H54N10O5. The minimum atomic E-state index is -0.953. The van der Waals surface area contributed by atoms with Crippen molar-refractivity contribution in [3.8, 4) is 22.8 Å². The molecule has 4 saturated heterocycles. The van der Waals surface area contributed by atoms with E-state index in [9.17, 15) is 19.2 Å². The summed E-state index contributed by atoms with van der Waals surface area (Å²) in [5, 5.41) is 8.20. The fraction of sp³-hybridized carbons (Fsp3) is 0.438. The largest absolute Gasteiger partial charge is 0.457 e. The van der Waals surface area contributed by atoms with Crippen LogP contribution < -0.4 is 20.7 Å². The number of likely N-dealkylation sites (tertiary alicyclic amines) is 2. The Morgan fingerprint density at radius 2 is 1.44 bits per heavy atom. The molecule has 0 spiro atoms. The highest BCUT2D eigenvalue weighted by molar-refractivity contribution is 6.23. The molecular weight excluding hydrogens is 797 g/mol. The number of para-hydroxylation sites is 1. The molecule has 4 amide bonds. The number of amides is 4. The molecule has 0 saturated carbocycles. The van der Waals surface area contributed by atoms with Gasteiger partial charge in [0.25, 0.3) is 11.8 Å². The Morgan fingerprint density at radius 3 is 2.19 bits per heavy atom. The Bertz CT molecular complexity index is 2500. The molecule has 7 heterocycles. The third-order valence-corrected chi connectivity index (χ3v) is 14.0. The summed E-state index contributed by atoms with van der Waals surface area (Å²) in [6.45, 7) is 7.31. The van der Waals surface area contributed by atoms with Gasteiger partial charge in [-0.25, -0.2) is 14.6 Å². The lowest BCUT2D eigenvalue weighted by molar-refractivity contribution is -0.136. The number of nitrogens with two attached hydrogens (primary N) is 1. The minimum absolute atomic E-state index is 0.107. The van der Waals surface area contributed by atoms with Crippen molar-refractivity contribution in [3.05, 3.63) is 90.3 Å². The van der Waals surface area contributed by atoms with E-state index in [1.165, 1.54) is 32.0 Å². The van der Waals surface area contributed by atoms with Gasteiger partial charge in [0.15, 0.2) is 5.65 Å². The second kappa shape index (κ2) is 17.5. The van der Waals surface area contributed by atoms with E-state index >= 15 is 0 Å². The van der Waals surface area contributed by atoms with Crippen LogP contribution >= 0.6 is 0 Å². The number of hydrogen-bond acceptors (Lipinski definition) is 12. The summed E-state index contributed by atoms with van der Waals surface area (Å²) < 4.78 is 8.12. The fourth-order valence-electron chi connectivity index (χ4n) is 10.5. The molecule has 0 aliphatic carbocycles. The number of carbonyl (C=O) groups is 4. The normalized spacial score (nSPS) is 21.0. The summed E-state index contributed by atoms with van der Waals surface area (Å²) in [6, 6.07) is 23.0. The molecule has 5 aromatic rings. The van der Waals surface area contributed by atoms with Gasteiger partial charge in [-0.2, -0.15) is 5.10 Å². The number of hydrogen-bond donors (Lipinski definition) is 2. The summed E-state index contributed by atoms with van der Waals surface area (Å²) >= 11 is 0. The standard InChI is InChI=1S/C48H54N10O5/c49-44-42-43(32-8-11-37(12-9-32)63-36-6-2-1-3-7-36)53-58(45(42)51-30-50-44)34-20-27-55(28-21-34)33-18-23-54(24-19-33)22-4-5-31-16-25-56(26-17-31)35-10-13-38-39(29-35)48(62)57(47(38)61)40-14-15-41(59)52-46(40)60/h1-3,6-13,29-31,33-34,40H,4-5,14-28H2,(H2,49,50,51)(H,52,59,60). The summed E-state index contributed by atoms with van der Waals surface area (Å²) in [4.78, 5) is 68.3. The van der Waals surface area contributed by atoms with Crippen LogP contribution in [-0.4, -0.2) is 116 Å². The average molecular weight is 851 g/mol. The molecule has 2 aromatic heterocycles. The number of ether oxygens (including phenoxy) is 1. The highest BCUT2D eigenvalue weighted by Crippen LogP contribution is 2.37. The van der Waals surface area contributed by atoms with Crippen LogP contribution in [0.25, 0.3) is 22.3 Å². The first-order chi connectivity index (χ1) is 30.8. The van der Waals surface area contributed by atoms with Crippen molar-refractivity contribution in [3.63, 3.8) is 0 Å². The van der Waals surface area contributed by atoms with E-state index < -0.39 is 23.8 Å². The summed E-state index contributed by atoms with van der Waals surface area (Å²) in [5.41, 5.74) is 10.6. The third-order valence-electron chi connectivity index (χ3n) is 14.0. The molecule has 3 N–H and O–H groups in total. The molecule has 0 radical (unpaired) electrons. The molecule has 326 valence electrons. The first kappa shape index (κ1) is 40.9. The van der Waals surface area contributed by atoms with Gasteiger partial charge in [0.2, 0.25) is 11.8 Å². The molecule has 1 atom stereocenters. The SMILES string of the molecule is Nc1ncnc2c1c(-c1ccc(Oc3ccccc3)cc1)nn2C1CCN(C2CCN(CCCC3CCN(c4ccc5c(c4)C(=O)N(C4CCC(=O)NC4=O)C5=O)CC3)CC2)CC1. The highest BCUT2D eigenvalue weighted by Gasteiger charge is 2.45. The number of nitrogens with one attached hydrogen (secondary N) is 1. The molecule has 1 unspecified atom stereocenters. The van der Waals surface area contributed by atoms with Gasteiger partial charge in [-0.3, -0.25) is 29.4 Å². The Labute approximate surface area is 366 Å². The highest BCUT2D eigenvalue weighted by atomic mass is 16.5. The number of aromatic nitrogens is 4. The van der Waals surface area contributed by atoms with Crippen molar-refractivity contribution in [2.24, 2.45) is 5.92 Å². The van der Waals surface area contributed by atoms with Gasteiger partial charge < -0.3 is 25.2 Å². The van der Waals surface area contributed by atoms with Crippen molar-refractivity contribution in [1.82, 2.24) is 39.8 Å². The van der Waals surface area contributed by atoms with Crippen LogP contribution in [0.5, 0.6) is 11.5 Å². The molecule has 5 aliphatic heterocycles. The lowest BCUT2D eigenvalue weighted by Gasteiger charge is -2.42. The molecule has 3 aromatic carbocycles. The van der Waals surface area contributed by atoms with E-state index in [-0.39, 0.29) is 24.8 Å². The van der Waals surface area contributed by atoms with Crippen molar-refractivity contribution in [1.29, 1.82) is 0 Å². The van der Waals surface area contributed by atoms with E-state index in [2.05, 4.69) is 34.7 Å². The van der Waals surface area contributed by atoms with E-state index in [1.807, 2.05) is 60.7 Å². The van der Waals surface area contributed by atoms with Crippen LogP contribution in [-0.2, 0) is 9.59 Å². The summed E-state index contributed by atoms with van der Waals surface area (Å²) in [6.07, 6.45) is 10.8. The Morgan fingerprint density at radius 1 is 0.730 bits per heavy atom. The van der Waals surface area contributed by atoms with Gasteiger partial charge >= 0.3 is 0 Å². The number of nitrogens with zero attached hydrogens (tertiary/aromatic N) is 8. The molecule has 10 rings (SSSR count). The summed E-state index contributed by atoms with van der Waals surface area (Å²) in [7, 11) is 0. The van der Waals surface area contributed by atoms with Crippen LogP contribution in [0.3, 0.4) is 0 Å². The molecule has 4 fully saturated rings. The second-order valence-electron chi connectivity index (χ2n) is 17.8. The Hall–Kier alpha value is -6.19. The van der Waals surface area contributed by atoms with E-state index in [4.69, 9.17) is 15.6 Å². The van der Waals surface area contributed by atoms with Crippen molar-refractivity contribution < 1.29 is 23.9 Å². The number of piperidine rings is 4. The topological polar surface area (TPSA) is 172 Å². The lowest BCUT2D eigenvalue weighted by atomic mass is 9.91. The maximum atomic E-state index is 13.4. The van der Waals surface area contributed by atoms with Crippen molar-refractivity contribution in [2.45, 2.75) is 82.3 Å². The molecule has 5 aliphatic rings. The predicted octanol–water partition coefficient (Wildman–Crippen LogP) is 6.07. The molecule has 15 heteroatoms. The van der Waals surface area contributed by atoms with Crippen LogP contribution in [0, 0.1) is 5.92 Å². The number of carbonyl (C=O) groups excluding carboxylic acids is 4. The number of imide groups is 2. The Kier molecular flexibility index (Phi) is 11.4. The third kappa shape index (κ3) is 8.27. The predicted molar refractivity (Wildman–Crippen MR) is 238 cm³/mol. The van der Waals surface area contributed by atoms with Crippen LogP contribution in [0.15, 0.2) is 79.1 Å². The lowest BCUT2D eigenvalue weighted by Crippen LogP contribution is -2.54. The quantitative estimate of drug-likeness (QED) is 0.147. The molecule has 15 nitrogen and oxygen atoms in total. The molecule has 0 bridgehead atoms. The van der Waals surface area contributed by atoms with Gasteiger partial charge in [-0.05, 0) is 138 Å². The van der Waals surface area contributed by atoms with Gasteiger partial charge in [0.1, 0.15) is 35.4 Å². The number of anilines is 2. The minimum Gasteiger partial charge on any atom is -0.457 e. The number of rotatable bonds is 11. The average Bonchev–Trinajstić information content (AvgIpc) is 3.82. The van der Waals surface area contributed by atoms with Crippen LogP contribution in [0.2, 0.25) is 0 Å². The zero-order valence-corrected chi connectivity index (χ0v) is 35.5. The van der Waals surface area contributed by atoms with Gasteiger partial charge in [-0.1, -0.05) is 18.2 Å². The second-order valence-corrected chi connectivity index (χ2v) is 17.8. The number of fused-ring (bicyclic) bond motifs is 2. The van der Waals surface area contributed by atoms with Gasteiger partial charge in [-0.15, -0.1) is 0 Å². The zero-order chi connectivity index (χ0) is 43.0. The van der Waals surface area contributed by atoms with Crippen molar-refractivity contribution >= 4 is 46.2 Å². The van der Waals surface area contributed by atoms with Crippen LogP contribution in [0.1, 0.15) is 91.0 Å². The summed E-state index contributed by atoms with van der Waals surface area (Å²) in [5.74, 6) is 0.764.